The van der Waals surface area contributed by atoms with E-state index in [9.17, 15) is 9.18 Å². The van der Waals surface area contributed by atoms with Gasteiger partial charge in [0.05, 0.1) is 11.3 Å². The monoisotopic (exact) mass is 335 g/mol. The third-order valence-corrected chi connectivity index (χ3v) is 4.48. The molecule has 0 bridgehead atoms. The molecule has 0 saturated heterocycles. The van der Waals surface area contributed by atoms with Crippen LogP contribution in [0.15, 0.2) is 23.0 Å². The fraction of sp³-hybridized carbons (Fsp3) is 0.412. The van der Waals surface area contributed by atoms with E-state index in [2.05, 4.69) is 16.9 Å². The van der Waals surface area contributed by atoms with Crippen molar-refractivity contribution < 1.29 is 4.39 Å². The number of hydrogen-bond acceptors (Lipinski definition) is 3. The maximum Gasteiger partial charge on any atom is 0.255 e. The van der Waals surface area contributed by atoms with Crippen LogP contribution in [0.1, 0.15) is 36.0 Å². The van der Waals surface area contributed by atoms with Gasteiger partial charge in [-0.15, -0.1) is 0 Å². The molecule has 0 spiro atoms. The summed E-state index contributed by atoms with van der Waals surface area (Å²) in [6, 6.07) is 4.68. The zero-order valence-corrected chi connectivity index (χ0v) is 13.8. The number of fused-ring (bicyclic) bond motifs is 1. The number of nitrogens with zero attached hydrogens (tertiary/aromatic N) is 2. The van der Waals surface area contributed by atoms with Crippen molar-refractivity contribution in [2.24, 2.45) is 0 Å². The first-order chi connectivity index (χ1) is 11.1. The van der Waals surface area contributed by atoms with Gasteiger partial charge in [-0.25, -0.2) is 9.37 Å². The van der Waals surface area contributed by atoms with Gasteiger partial charge in [0.1, 0.15) is 11.6 Å². The van der Waals surface area contributed by atoms with E-state index in [1.165, 1.54) is 6.07 Å². The van der Waals surface area contributed by atoms with Gasteiger partial charge in [0.2, 0.25) is 0 Å². The number of rotatable bonds is 4. The lowest BCUT2D eigenvalue weighted by atomic mass is 10.1. The van der Waals surface area contributed by atoms with Crippen LogP contribution in [0.4, 0.5) is 4.39 Å². The van der Waals surface area contributed by atoms with Gasteiger partial charge in [0, 0.05) is 43.1 Å². The largest absolute Gasteiger partial charge is 0.310 e. The molecule has 0 radical (unpaired) electrons. The summed E-state index contributed by atoms with van der Waals surface area (Å²) in [5.74, 6) is 0.440. The summed E-state index contributed by atoms with van der Waals surface area (Å²) in [4.78, 5) is 21.7. The number of benzene rings is 1. The molecule has 1 aromatic carbocycles. The summed E-state index contributed by atoms with van der Waals surface area (Å²) in [5.41, 5.74) is 1.95. The fourth-order valence-electron chi connectivity index (χ4n) is 2.93. The smallest absolute Gasteiger partial charge is 0.255 e. The molecular weight excluding hydrogens is 317 g/mol. The van der Waals surface area contributed by atoms with E-state index in [0.29, 0.717) is 35.7 Å². The van der Waals surface area contributed by atoms with Crippen LogP contribution < -0.4 is 5.56 Å². The van der Waals surface area contributed by atoms with Crippen molar-refractivity contribution in [1.29, 1.82) is 0 Å². The fourth-order valence-corrected chi connectivity index (χ4v) is 3.15. The summed E-state index contributed by atoms with van der Waals surface area (Å²) in [6.45, 7) is 3.65. The van der Waals surface area contributed by atoms with E-state index in [0.717, 1.165) is 30.9 Å². The average Bonchev–Trinajstić information content (AvgIpc) is 2.52. The van der Waals surface area contributed by atoms with Gasteiger partial charge < -0.3 is 4.98 Å². The first-order valence-corrected chi connectivity index (χ1v) is 8.22. The number of aryl methyl sites for hydroxylation is 1. The van der Waals surface area contributed by atoms with Crippen LogP contribution in [0.3, 0.4) is 0 Å². The van der Waals surface area contributed by atoms with Crippen molar-refractivity contribution in [3.63, 3.8) is 0 Å². The lowest BCUT2D eigenvalue weighted by Gasteiger charge is -2.28. The van der Waals surface area contributed by atoms with E-state index in [1.807, 2.05) is 4.90 Å². The van der Waals surface area contributed by atoms with E-state index < -0.39 is 0 Å². The second kappa shape index (κ2) is 6.81. The van der Waals surface area contributed by atoms with Gasteiger partial charge in [-0.1, -0.05) is 24.6 Å². The highest BCUT2D eigenvalue weighted by molar-refractivity contribution is 6.31. The molecule has 3 rings (SSSR count). The van der Waals surface area contributed by atoms with Crippen LogP contribution in [0, 0.1) is 5.82 Å². The summed E-state index contributed by atoms with van der Waals surface area (Å²) in [5, 5.41) is 0.418. The maximum atomic E-state index is 13.9. The molecule has 23 heavy (non-hydrogen) atoms. The standard InChI is InChI=1S/C17H19ClFN3O/c1-2-4-16-20-15-7-8-22(10-12(15)17(23)21-16)9-11-13(18)5-3-6-14(11)19/h3,5-6H,2,4,7-10H2,1H3,(H,20,21,23). The molecule has 2 heterocycles. The van der Waals surface area contributed by atoms with Crippen molar-refractivity contribution in [3.8, 4) is 0 Å². The number of aromatic amines is 1. The summed E-state index contributed by atoms with van der Waals surface area (Å²) in [7, 11) is 0. The lowest BCUT2D eigenvalue weighted by Crippen LogP contribution is -2.36. The van der Waals surface area contributed by atoms with Crippen LogP contribution in [-0.2, 0) is 25.9 Å². The summed E-state index contributed by atoms with van der Waals surface area (Å²) >= 11 is 6.09. The molecule has 1 aliphatic rings. The van der Waals surface area contributed by atoms with Gasteiger partial charge in [-0.05, 0) is 18.6 Å². The minimum Gasteiger partial charge on any atom is -0.310 e. The van der Waals surface area contributed by atoms with Crippen molar-refractivity contribution in [2.75, 3.05) is 6.54 Å². The predicted octanol–water partition coefficient (Wildman–Crippen LogP) is 3.07. The molecule has 0 saturated carbocycles. The van der Waals surface area contributed by atoms with Crippen molar-refractivity contribution in [1.82, 2.24) is 14.9 Å². The minimum atomic E-state index is -0.311. The van der Waals surface area contributed by atoms with Crippen molar-refractivity contribution >= 4 is 11.6 Å². The van der Waals surface area contributed by atoms with Gasteiger partial charge in [0.25, 0.3) is 5.56 Å². The second-order valence-corrected chi connectivity index (χ2v) is 6.26. The lowest BCUT2D eigenvalue weighted by molar-refractivity contribution is 0.238. The third kappa shape index (κ3) is 3.46. The number of hydrogen-bond donors (Lipinski definition) is 1. The van der Waals surface area contributed by atoms with E-state index >= 15 is 0 Å². The zero-order valence-electron chi connectivity index (χ0n) is 13.0. The van der Waals surface area contributed by atoms with Crippen LogP contribution in [-0.4, -0.2) is 21.4 Å². The second-order valence-electron chi connectivity index (χ2n) is 5.85. The molecule has 1 N–H and O–H groups in total. The molecule has 6 heteroatoms. The van der Waals surface area contributed by atoms with Gasteiger partial charge in [-0.2, -0.15) is 0 Å². The van der Waals surface area contributed by atoms with Gasteiger partial charge in [-0.3, -0.25) is 9.69 Å². The molecule has 0 amide bonds. The molecule has 0 atom stereocenters. The highest BCUT2D eigenvalue weighted by Gasteiger charge is 2.22. The van der Waals surface area contributed by atoms with E-state index in [4.69, 9.17) is 11.6 Å². The Balaban J connectivity index is 1.82. The Kier molecular flexibility index (Phi) is 4.78. The Labute approximate surface area is 139 Å². The quantitative estimate of drug-likeness (QED) is 0.934. The van der Waals surface area contributed by atoms with Gasteiger partial charge in [0.15, 0.2) is 0 Å². The minimum absolute atomic E-state index is 0.0808. The molecule has 1 aromatic heterocycles. The van der Waals surface area contributed by atoms with Crippen LogP contribution in [0.2, 0.25) is 5.02 Å². The topological polar surface area (TPSA) is 49.0 Å². The first kappa shape index (κ1) is 16.1. The molecule has 0 fully saturated rings. The van der Waals surface area contributed by atoms with Crippen molar-refractivity contribution in [2.45, 2.75) is 39.3 Å². The van der Waals surface area contributed by atoms with Crippen LogP contribution in [0.5, 0.6) is 0 Å². The SMILES string of the molecule is CCCc1nc2c(c(=O)[nH]1)CN(Cc1c(F)cccc1Cl)CC2. The normalized spacial score (nSPS) is 14.7. The molecule has 0 unspecified atom stereocenters. The number of nitrogens with one attached hydrogen (secondary N) is 1. The highest BCUT2D eigenvalue weighted by atomic mass is 35.5. The summed E-state index contributed by atoms with van der Waals surface area (Å²) in [6.07, 6.45) is 2.42. The van der Waals surface area contributed by atoms with Crippen molar-refractivity contribution in [3.05, 3.63) is 62.0 Å². The molecule has 0 aliphatic carbocycles. The van der Waals surface area contributed by atoms with Gasteiger partial charge >= 0.3 is 0 Å². The molecule has 122 valence electrons. The molecule has 4 nitrogen and oxygen atoms in total. The zero-order chi connectivity index (χ0) is 16.4. The Hall–Kier alpha value is -1.72. The first-order valence-electron chi connectivity index (χ1n) is 7.84. The maximum absolute atomic E-state index is 13.9. The third-order valence-electron chi connectivity index (χ3n) is 4.13. The van der Waals surface area contributed by atoms with E-state index in [-0.39, 0.29) is 11.4 Å². The average molecular weight is 336 g/mol. The number of halogens is 2. The Morgan fingerprint density at radius 3 is 3.00 bits per heavy atom. The number of aromatic nitrogens is 2. The molecule has 1 aliphatic heterocycles. The Morgan fingerprint density at radius 1 is 1.43 bits per heavy atom. The highest BCUT2D eigenvalue weighted by Crippen LogP contribution is 2.23. The number of H-pyrrole nitrogens is 1. The Bertz CT molecular complexity index is 755. The van der Waals surface area contributed by atoms with Crippen LogP contribution >= 0.6 is 11.6 Å². The molecular formula is C17H19ClFN3O. The molecule has 2 aromatic rings. The Morgan fingerprint density at radius 2 is 2.26 bits per heavy atom. The summed E-state index contributed by atoms with van der Waals surface area (Å²) < 4.78 is 13.9. The predicted molar refractivity (Wildman–Crippen MR) is 88.1 cm³/mol. The van der Waals surface area contributed by atoms with E-state index in [1.54, 1.807) is 12.1 Å². The van der Waals surface area contributed by atoms with Crippen LogP contribution in [0.25, 0.3) is 0 Å².